The maximum absolute atomic E-state index is 11.7. The fraction of sp³-hybridized carbons (Fsp3) is 0.875. The summed E-state index contributed by atoms with van der Waals surface area (Å²) in [6, 6.07) is 0. The summed E-state index contributed by atoms with van der Waals surface area (Å²) in [4.78, 5) is 23.2. The summed E-state index contributed by atoms with van der Waals surface area (Å²) in [5.74, 6) is 0.560. The molecule has 0 aromatic carbocycles. The molecule has 110 valence electrons. The molecule has 0 heterocycles. The van der Waals surface area contributed by atoms with Crippen LogP contribution in [0.1, 0.15) is 66.2 Å². The molecular formula is C16H28O3. The van der Waals surface area contributed by atoms with Gasteiger partial charge in [0.1, 0.15) is 5.78 Å². The highest BCUT2D eigenvalue weighted by molar-refractivity contribution is 5.81. The third-order valence-corrected chi connectivity index (χ3v) is 4.64. The summed E-state index contributed by atoms with van der Waals surface area (Å²) >= 11 is 0. The van der Waals surface area contributed by atoms with Crippen LogP contribution >= 0.6 is 0 Å². The first-order chi connectivity index (χ1) is 8.89. The zero-order valence-electron chi connectivity index (χ0n) is 12.8. The van der Waals surface area contributed by atoms with Gasteiger partial charge in [-0.25, -0.2) is 0 Å². The zero-order valence-corrected chi connectivity index (χ0v) is 12.8. The van der Waals surface area contributed by atoms with Crippen LogP contribution in [0.15, 0.2) is 0 Å². The van der Waals surface area contributed by atoms with Crippen molar-refractivity contribution < 1.29 is 14.3 Å². The first kappa shape index (κ1) is 16.2. The Kier molecular flexibility index (Phi) is 6.02. The summed E-state index contributed by atoms with van der Waals surface area (Å²) in [7, 11) is 0. The fourth-order valence-electron chi connectivity index (χ4n) is 3.03. The van der Waals surface area contributed by atoms with Gasteiger partial charge in [0.05, 0.1) is 6.61 Å². The van der Waals surface area contributed by atoms with E-state index in [1.54, 1.807) is 6.92 Å². The standard InChI is InChI=1S/C16H28O3/c1-5-6-7-8-9-19-15(18)11-13-10-14(12(2)17)16(13,3)4/h13-14H,5-11H2,1-4H3/t13-,14+/m1/s1. The predicted molar refractivity (Wildman–Crippen MR) is 75.8 cm³/mol. The molecule has 2 atom stereocenters. The molecule has 0 unspecified atom stereocenters. The number of rotatable bonds is 8. The van der Waals surface area contributed by atoms with E-state index in [0.717, 1.165) is 19.3 Å². The summed E-state index contributed by atoms with van der Waals surface area (Å²) in [6.45, 7) is 8.52. The SMILES string of the molecule is CCCCCCOC(=O)C[C@H]1C[C@@H](C(C)=O)C1(C)C. The van der Waals surface area contributed by atoms with Crippen molar-refractivity contribution in [1.29, 1.82) is 0 Å². The molecule has 0 saturated heterocycles. The number of ether oxygens (including phenoxy) is 1. The average molecular weight is 268 g/mol. The lowest BCUT2D eigenvalue weighted by Crippen LogP contribution is -2.49. The Hall–Kier alpha value is -0.860. The number of ketones is 1. The third kappa shape index (κ3) is 4.32. The second-order valence-electron chi connectivity index (χ2n) is 6.40. The molecule has 19 heavy (non-hydrogen) atoms. The smallest absolute Gasteiger partial charge is 0.306 e. The van der Waals surface area contributed by atoms with Gasteiger partial charge < -0.3 is 4.74 Å². The topological polar surface area (TPSA) is 43.4 Å². The van der Waals surface area contributed by atoms with E-state index in [1.807, 2.05) is 0 Å². The monoisotopic (exact) mass is 268 g/mol. The van der Waals surface area contributed by atoms with E-state index in [0.29, 0.717) is 18.9 Å². The van der Waals surface area contributed by atoms with Crippen molar-refractivity contribution in [3.05, 3.63) is 0 Å². The molecule has 0 spiro atoms. The minimum atomic E-state index is -0.100. The molecule has 3 heteroatoms. The van der Waals surface area contributed by atoms with Crippen LogP contribution in [-0.2, 0) is 14.3 Å². The van der Waals surface area contributed by atoms with Crippen molar-refractivity contribution in [2.45, 2.75) is 66.2 Å². The maximum atomic E-state index is 11.7. The van der Waals surface area contributed by atoms with E-state index in [-0.39, 0.29) is 23.1 Å². The molecule has 0 amide bonds. The summed E-state index contributed by atoms with van der Waals surface area (Å²) in [5, 5.41) is 0. The van der Waals surface area contributed by atoms with Crippen molar-refractivity contribution in [3.8, 4) is 0 Å². The lowest BCUT2D eigenvalue weighted by atomic mass is 9.53. The van der Waals surface area contributed by atoms with Crippen LogP contribution in [0.5, 0.6) is 0 Å². The Morgan fingerprint density at radius 3 is 2.42 bits per heavy atom. The van der Waals surface area contributed by atoms with Crippen LogP contribution in [0.3, 0.4) is 0 Å². The molecule has 1 aliphatic carbocycles. The third-order valence-electron chi connectivity index (χ3n) is 4.64. The maximum Gasteiger partial charge on any atom is 0.306 e. The molecule has 0 radical (unpaired) electrons. The highest BCUT2D eigenvalue weighted by Gasteiger charge is 2.50. The van der Waals surface area contributed by atoms with E-state index < -0.39 is 0 Å². The summed E-state index contributed by atoms with van der Waals surface area (Å²) in [6.07, 6.45) is 5.79. The van der Waals surface area contributed by atoms with Crippen LogP contribution in [0, 0.1) is 17.3 Å². The van der Waals surface area contributed by atoms with Gasteiger partial charge in [0, 0.05) is 12.3 Å². The quantitative estimate of drug-likeness (QED) is 0.497. The van der Waals surface area contributed by atoms with Gasteiger partial charge in [-0.3, -0.25) is 9.59 Å². The van der Waals surface area contributed by atoms with Gasteiger partial charge in [0.2, 0.25) is 0 Å². The van der Waals surface area contributed by atoms with E-state index in [4.69, 9.17) is 4.74 Å². The van der Waals surface area contributed by atoms with Crippen LogP contribution in [0.4, 0.5) is 0 Å². The van der Waals surface area contributed by atoms with Crippen LogP contribution in [-0.4, -0.2) is 18.4 Å². The first-order valence-corrected chi connectivity index (χ1v) is 7.55. The second kappa shape index (κ2) is 7.06. The van der Waals surface area contributed by atoms with Crippen molar-refractivity contribution in [1.82, 2.24) is 0 Å². The molecule has 1 aliphatic rings. The average Bonchev–Trinajstić information content (AvgIpc) is 2.33. The Labute approximate surface area is 117 Å². The number of carbonyl (C=O) groups excluding carboxylic acids is 2. The van der Waals surface area contributed by atoms with Crippen LogP contribution in [0.25, 0.3) is 0 Å². The van der Waals surface area contributed by atoms with E-state index in [9.17, 15) is 9.59 Å². The number of hydrogen-bond acceptors (Lipinski definition) is 3. The van der Waals surface area contributed by atoms with Crippen molar-refractivity contribution in [2.24, 2.45) is 17.3 Å². The van der Waals surface area contributed by atoms with E-state index in [1.165, 1.54) is 12.8 Å². The van der Waals surface area contributed by atoms with Crippen molar-refractivity contribution in [3.63, 3.8) is 0 Å². The molecular weight excluding hydrogens is 240 g/mol. The molecule has 0 bridgehead atoms. The zero-order chi connectivity index (χ0) is 14.5. The Bertz CT molecular complexity index is 320. The molecule has 3 nitrogen and oxygen atoms in total. The summed E-state index contributed by atoms with van der Waals surface area (Å²) in [5.41, 5.74) is -0.0485. The lowest BCUT2D eigenvalue weighted by Gasteiger charge is -2.50. The van der Waals surface area contributed by atoms with Gasteiger partial charge in [-0.05, 0) is 31.1 Å². The highest BCUT2D eigenvalue weighted by Crippen LogP contribution is 2.53. The Balaban J connectivity index is 2.22. The van der Waals surface area contributed by atoms with Crippen LogP contribution in [0.2, 0.25) is 0 Å². The van der Waals surface area contributed by atoms with E-state index >= 15 is 0 Å². The van der Waals surface area contributed by atoms with Crippen LogP contribution < -0.4 is 0 Å². The largest absolute Gasteiger partial charge is 0.466 e. The fourth-order valence-corrected chi connectivity index (χ4v) is 3.03. The number of esters is 1. The van der Waals surface area contributed by atoms with Gasteiger partial charge in [-0.15, -0.1) is 0 Å². The number of carbonyl (C=O) groups is 2. The molecule has 1 rings (SSSR count). The van der Waals surface area contributed by atoms with Crippen molar-refractivity contribution >= 4 is 11.8 Å². The molecule has 0 aliphatic heterocycles. The normalized spacial score (nSPS) is 24.6. The Morgan fingerprint density at radius 1 is 1.21 bits per heavy atom. The minimum absolute atomic E-state index is 0.0485. The van der Waals surface area contributed by atoms with E-state index in [2.05, 4.69) is 20.8 Å². The minimum Gasteiger partial charge on any atom is -0.466 e. The second-order valence-corrected chi connectivity index (χ2v) is 6.40. The number of Topliss-reactive ketones (excluding diaryl/α,β-unsaturated/α-hetero) is 1. The molecule has 1 saturated carbocycles. The first-order valence-electron chi connectivity index (χ1n) is 7.55. The molecule has 0 aromatic rings. The van der Waals surface area contributed by atoms with Gasteiger partial charge >= 0.3 is 5.97 Å². The highest BCUT2D eigenvalue weighted by atomic mass is 16.5. The number of hydrogen-bond donors (Lipinski definition) is 0. The molecule has 0 aromatic heterocycles. The Morgan fingerprint density at radius 2 is 1.89 bits per heavy atom. The number of unbranched alkanes of at least 4 members (excludes halogenated alkanes) is 3. The summed E-state index contributed by atoms with van der Waals surface area (Å²) < 4.78 is 5.26. The van der Waals surface area contributed by atoms with Gasteiger partial charge in [-0.2, -0.15) is 0 Å². The van der Waals surface area contributed by atoms with Crippen molar-refractivity contribution in [2.75, 3.05) is 6.61 Å². The lowest BCUT2D eigenvalue weighted by molar-refractivity contribution is -0.153. The van der Waals surface area contributed by atoms with Gasteiger partial charge in [0.15, 0.2) is 0 Å². The van der Waals surface area contributed by atoms with Gasteiger partial charge in [0.25, 0.3) is 0 Å². The van der Waals surface area contributed by atoms with Gasteiger partial charge in [-0.1, -0.05) is 40.0 Å². The molecule has 1 fully saturated rings. The predicted octanol–water partition coefficient (Wildman–Crippen LogP) is 3.75. The molecule has 0 N–H and O–H groups in total.